The van der Waals surface area contributed by atoms with Crippen LogP contribution in [0.25, 0.3) is 0 Å². The summed E-state index contributed by atoms with van der Waals surface area (Å²) in [7, 11) is 0. The summed E-state index contributed by atoms with van der Waals surface area (Å²) < 4.78 is 37.4. The molecule has 0 radical (unpaired) electrons. The van der Waals surface area contributed by atoms with E-state index in [0.29, 0.717) is 53.8 Å². The van der Waals surface area contributed by atoms with Crippen molar-refractivity contribution in [3.8, 4) is 17.2 Å². The van der Waals surface area contributed by atoms with Gasteiger partial charge in [-0.1, -0.05) is 218 Å². The van der Waals surface area contributed by atoms with E-state index in [4.69, 9.17) is 28.4 Å². The Balaban J connectivity index is 1.04. The number of hydrogen-bond acceptors (Lipinski definition) is 12. The molecule has 0 unspecified atom stereocenters. The summed E-state index contributed by atoms with van der Waals surface area (Å²) in [5, 5.41) is 0. The minimum Gasteiger partial charge on any atom is -0.489 e. The lowest BCUT2D eigenvalue weighted by molar-refractivity contribution is -0.172. The lowest BCUT2D eigenvalue weighted by Gasteiger charge is -2.48. The molecule has 0 saturated carbocycles. The van der Waals surface area contributed by atoms with E-state index in [-0.39, 0.29) is 39.8 Å². The van der Waals surface area contributed by atoms with Gasteiger partial charge >= 0.3 is 17.9 Å². The molecule has 1 heterocycles. The van der Waals surface area contributed by atoms with Crippen LogP contribution in [0.2, 0.25) is 0 Å². The highest BCUT2D eigenvalue weighted by atomic mass is 16.5. The predicted molar refractivity (Wildman–Crippen MR) is 309 cm³/mol. The second-order valence-electron chi connectivity index (χ2n) is 19.7. The molecular weight excluding hydrogens is 1010 g/mol. The van der Waals surface area contributed by atoms with Crippen molar-refractivity contribution in [1.82, 2.24) is 14.7 Å². The SMILES string of the molecule is O=C(OCc1ccccc1)[C@@H](c1ccc(OCc2ccccc2)cc1)N1CN([C@@H](C(=O)OCc2ccccc2)c2ccc(OCc3ccccc3)cc2)CN([C@@H](C(=O)OCc2ccccc2)c2ccc(OCc3ccccc3)cc2)C1. The Hall–Kier alpha value is -9.33. The molecule has 1 saturated heterocycles. The molecule has 1 fully saturated rings. The van der Waals surface area contributed by atoms with Crippen LogP contribution in [0.15, 0.2) is 255 Å². The van der Waals surface area contributed by atoms with E-state index in [1.54, 1.807) is 0 Å². The number of carbonyl (C=O) groups excluding carboxylic acids is 3. The summed E-state index contributed by atoms with van der Waals surface area (Å²) in [4.78, 5) is 51.2. The fraction of sp³-hybridized carbons (Fsp3) is 0.174. The van der Waals surface area contributed by atoms with Crippen LogP contribution in [0.5, 0.6) is 17.2 Å². The zero-order chi connectivity index (χ0) is 55.4. The molecule has 9 aromatic carbocycles. The van der Waals surface area contributed by atoms with Crippen molar-refractivity contribution in [3.05, 3.63) is 305 Å². The third-order valence-electron chi connectivity index (χ3n) is 13.9. The molecule has 0 aliphatic carbocycles. The highest BCUT2D eigenvalue weighted by Crippen LogP contribution is 2.37. The summed E-state index contributed by atoms with van der Waals surface area (Å²) in [6.45, 7) is 1.21. The third kappa shape index (κ3) is 15.5. The lowest BCUT2D eigenvalue weighted by atomic mass is 10.0. The maximum atomic E-state index is 15.2. The van der Waals surface area contributed by atoms with Crippen molar-refractivity contribution < 1.29 is 42.8 Å². The van der Waals surface area contributed by atoms with E-state index >= 15 is 14.4 Å². The maximum Gasteiger partial charge on any atom is 0.328 e. The first-order valence-electron chi connectivity index (χ1n) is 27.0. The number of rotatable bonds is 24. The molecule has 12 nitrogen and oxygen atoms in total. The van der Waals surface area contributed by atoms with Crippen LogP contribution in [0.1, 0.15) is 68.2 Å². The topological polar surface area (TPSA) is 116 Å². The summed E-state index contributed by atoms with van der Waals surface area (Å²) in [5.74, 6) is 0.210. The van der Waals surface area contributed by atoms with Gasteiger partial charge in [-0.2, -0.15) is 0 Å². The molecule has 1 aliphatic rings. The first kappa shape index (κ1) is 55.0. The molecule has 0 N–H and O–H groups in total. The van der Waals surface area contributed by atoms with Crippen LogP contribution in [0.4, 0.5) is 0 Å². The quantitative estimate of drug-likeness (QED) is 0.0424. The van der Waals surface area contributed by atoms with Crippen molar-refractivity contribution in [3.63, 3.8) is 0 Å². The van der Waals surface area contributed by atoms with Crippen LogP contribution >= 0.6 is 0 Å². The molecule has 12 heteroatoms. The number of esters is 3. The molecule has 1 aliphatic heterocycles. The van der Waals surface area contributed by atoms with Crippen molar-refractivity contribution in [2.75, 3.05) is 20.0 Å². The second kappa shape index (κ2) is 28.0. The van der Waals surface area contributed by atoms with Crippen LogP contribution in [0.3, 0.4) is 0 Å². The Morgan fingerprint density at radius 2 is 0.469 bits per heavy atom. The van der Waals surface area contributed by atoms with Crippen LogP contribution < -0.4 is 14.2 Å². The highest BCUT2D eigenvalue weighted by molar-refractivity contribution is 5.80. The van der Waals surface area contributed by atoms with Gasteiger partial charge in [-0.25, -0.2) is 14.4 Å². The molecule has 0 spiro atoms. The normalized spacial score (nSPS) is 13.9. The van der Waals surface area contributed by atoms with Crippen molar-refractivity contribution in [2.24, 2.45) is 0 Å². The van der Waals surface area contributed by atoms with Gasteiger partial charge in [0, 0.05) is 0 Å². The molecule has 408 valence electrons. The van der Waals surface area contributed by atoms with E-state index < -0.39 is 36.0 Å². The van der Waals surface area contributed by atoms with Crippen molar-refractivity contribution in [2.45, 2.75) is 57.8 Å². The maximum absolute atomic E-state index is 15.2. The van der Waals surface area contributed by atoms with Gasteiger partial charge in [0.05, 0.1) is 20.0 Å². The van der Waals surface area contributed by atoms with Gasteiger partial charge in [0.2, 0.25) is 0 Å². The van der Waals surface area contributed by atoms with E-state index in [1.165, 1.54) is 0 Å². The molecular formula is C69H63N3O9. The molecule has 10 rings (SSSR count). The standard InChI is InChI=1S/C69H63N3O9/c73-67(79-46-55-25-13-4-14-26-55)64(58-31-37-61(38-32-58)76-43-52-19-7-1-8-20-52)70-49-71(65(68(74)80-47-56-27-15-5-16-28-56)59-33-39-62(40-34-59)77-44-53-21-9-2-10-22-53)51-72(50-70)66(69(75)81-48-57-29-17-6-18-30-57)60-35-41-63(42-36-60)78-45-54-23-11-3-12-24-54/h1-42,64-66H,43-51H2/t64-,65-,66-/m1/s1. The molecule has 0 bridgehead atoms. The average molecular weight is 1080 g/mol. The van der Waals surface area contributed by atoms with Gasteiger partial charge in [-0.3, -0.25) is 14.7 Å². The minimum atomic E-state index is -1.06. The third-order valence-corrected chi connectivity index (χ3v) is 13.9. The Morgan fingerprint density at radius 3 is 0.679 bits per heavy atom. The van der Waals surface area contributed by atoms with Crippen molar-refractivity contribution in [1.29, 1.82) is 0 Å². The van der Waals surface area contributed by atoms with E-state index in [9.17, 15) is 0 Å². The van der Waals surface area contributed by atoms with Gasteiger partial charge in [0.25, 0.3) is 0 Å². The molecule has 81 heavy (non-hydrogen) atoms. The summed E-state index contributed by atoms with van der Waals surface area (Å²) in [6.07, 6.45) is 0. The Kier molecular flexibility index (Phi) is 19.0. The predicted octanol–water partition coefficient (Wildman–Crippen LogP) is 13.0. The number of hydrogen-bond donors (Lipinski definition) is 0. The lowest BCUT2D eigenvalue weighted by Crippen LogP contribution is -2.60. The number of carbonyl (C=O) groups is 3. The fourth-order valence-corrected chi connectivity index (χ4v) is 9.70. The largest absolute Gasteiger partial charge is 0.489 e. The minimum absolute atomic E-state index is 0.00989. The molecule has 3 atom stereocenters. The van der Waals surface area contributed by atoms with Gasteiger partial charge in [-0.15, -0.1) is 0 Å². The summed E-state index contributed by atoms with van der Waals surface area (Å²) in [5.41, 5.74) is 7.28. The van der Waals surface area contributed by atoms with Gasteiger partial charge in [-0.05, 0) is 86.5 Å². The first-order chi connectivity index (χ1) is 39.9. The highest BCUT2D eigenvalue weighted by Gasteiger charge is 2.44. The number of nitrogens with zero attached hydrogens (tertiary/aromatic N) is 3. The number of ether oxygens (including phenoxy) is 6. The van der Waals surface area contributed by atoms with Crippen LogP contribution in [0, 0.1) is 0 Å². The van der Waals surface area contributed by atoms with E-state index in [1.807, 2.05) is 269 Å². The average Bonchev–Trinajstić information content (AvgIpc) is 3.61. The van der Waals surface area contributed by atoms with Crippen LogP contribution in [-0.4, -0.2) is 52.6 Å². The molecule has 0 aromatic heterocycles. The summed E-state index contributed by atoms with van der Waals surface area (Å²) >= 11 is 0. The van der Waals surface area contributed by atoms with Gasteiger partial charge in [0.1, 0.15) is 75.0 Å². The second-order valence-corrected chi connectivity index (χ2v) is 19.7. The zero-order valence-corrected chi connectivity index (χ0v) is 44.9. The van der Waals surface area contributed by atoms with Crippen LogP contribution in [-0.2, 0) is 68.2 Å². The van der Waals surface area contributed by atoms with E-state index in [0.717, 1.165) is 33.4 Å². The molecule has 9 aromatic rings. The monoisotopic (exact) mass is 1080 g/mol. The van der Waals surface area contributed by atoms with E-state index in [2.05, 4.69) is 0 Å². The van der Waals surface area contributed by atoms with Gasteiger partial charge < -0.3 is 28.4 Å². The molecule has 0 amide bonds. The Bertz CT molecular complexity index is 2990. The van der Waals surface area contributed by atoms with Crippen molar-refractivity contribution >= 4 is 17.9 Å². The fourth-order valence-electron chi connectivity index (χ4n) is 9.70. The van der Waals surface area contributed by atoms with Gasteiger partial charge in [0.15, 0.2) is 0 Å². The Morgan fingerprint density at radius 1 is 0.272 bits per heavy atom. The number of benzene rings is 9. The first-order valence-corrected chi connectivity index (χ1v) is 27.0. The zero-order valence-electron chi connectivity index (χ0n) is 44.9. The Labute approximate surface area is 473 Å². The smallest absolute Gasteiger partial charge is 0.328 e. The summed E-state index contributed by atoms with van der Waals surface area (Å²) in [6, 6.07) is 77.2.